The number of piperazine rings is 1. The SMILES string of the molecule is CCN1CCN(C(CC(=O)O)Cc2ccc(C)cc2)CC1. The van der Waals surface area contributed by atoms with Gasteiger partial charge in [0.1, 0.15) is 0 Å². The van der Waals surface area contributed by atoms with Crippen molar-refractivity contribution >= 4 is 5.97 Å². The summed E-state index contributed by atoms with van der Waals surface area (Å²) >= 11 is 0. The minimum absolute atomic E-state index is 0.101. The number of hydrogen-bond donors (Lipinski definition) is 1. The van der Waals surface area contributed by atoms with Crippen LogP contribution in [0.2, 0.25) is 0 Å². The monoisotopic (exact) mass is 290 g/mol. The number of nitrogens with zero attached hydrogens (tertiary/aromatic N) is 2. The lowest BCUT2D eigenvalue weighted by atomic mass is 10.00. The number of carboxylic acid groups (broad SMARTS) is 1. The average Bonchev–Trinajstić information content (AvgIpc) is 2.48. The van der Waals surface area contributed by atoms with Crippen molar-refractivity contribution in [1.82, 2.24) is 9.80 Å². The van der Waals surface area contributed by atoms with Crippen molar-refractivity contribution in [3.63, 3.8) is 0 Å². The van der Waals surface area contributed by atoms with Crippen LogP contribution in [0.5, 0.6) is 0 Å². The van der Waals surface area contributed by atoms with Gasteiger partial charge in [0, 0.05) is 32.2 Å². The summed E-state index contributed by atoms with van der Waals surface area (Å²) in [5.74, 6) is -0.704. The fraction of sp³-hybridized carbons (Fsp3) is 0.588. The molecule has 0 spiro atoms. The van der Waals surface area contributed by atoms with E-state index in [0.29, 0.717) is 0 Å². The molecule has 1 aromatic rings. The van der Waals surface area contributed by atoms with Gasteiger partial charge in [-0.3, -0.25) is 9.69 Å². The van der Waals surface area contributed by atoms with Gasteiger partial charge < -0.3 is 10.0 Å². The molecule has 1 aliphatic heterocycles. The van der Waals surface area contributed by atoms with Crippen molar-refractivity contribution in [1.29, 1.82) is 0 Å². The van der Waals surface area contributed by atoms with Gasteiger partial charge in [0.25, 0.3) is 0 Å². The first kappa shape index (κ1) is 16.0. The molecule has 2 rings (SSSR count). The van der Waals surface area contributed by atoms with Gasteiger partial charge in [0.2, 0.25) is 0 Å². The smallest absolute Gasteiger partial charge is 0.304 e. The number of rotatable bonds is 6. The Morgan fingerprint density at radius 3 is 2.33 bits per heavy atom. The Kier molecular flexibility index (Phi) is 5.76. The highest BCUT2D eigenvalue weighted by molar-refractivity contribution is 5.67. The highest BCUT2D eigenvalue weighted by Gasteiger charge is 2.25. The Morgan fingerprint density at radius 1 is 1.19 bits per heavy atom. The molecule has 4 nitrogen and oxygen atoms in total. The molecule has 1 fully saturated rings. The lowest BCUT2D eigenvalue weighted by molar-refractivity contribution is -0.138. The Morgan fingerprint density at radius 2 is 1.81 bits per heavy atom. The predicted molar refractivity (Wildman–Crippen MR) is 84.6 cm³/mol. The van der Waals surface area contributed by atoms with Crippen LogP contribution < -0.4 is 0 Å². The predicted octanol–water partition coefficient (Wildman–Crippen LogP) is 2.02. The maximum Gasteiger partial charge on any atom is 0.304 e. The van der Waals surface area contributed by atoms with Crippen LogP contribution in [0.3, 0.4) is 0 Å². The molecule has 4 heteroatoms. The Hall–Kier alpha value is -1.39. The standard InChI is InChI=1S/C17H26N2O2/c1-3-18-8-10-19(11-9-18)16(13-17(20)21)12-15-6-4-14(2)5-7-15/h4-7,16H,3,8-13H2,1-2H3,(H,20,21). The third-order valence-electron chi connectivity index (χ3n) is 4.37. The van der Waals surface area contributed by atoms with Crippen molar-refractivity contribution < 1.29 is 9.90 Å². The van der Waals surface area contributed by atoms with Crippen molar-refractivity contribution in [3.8, 4) is 0 Å². The van der Waals surface area contributed by atoms with Gasteiger partial charge in [-0.2, -0.15) is 0 Å². The van der Waals surface area contributed by atoms with E-state index in [9.17, 15) is 9.90 Å². The molecule has 1 N–H and O–H groups in total. The summed E-state index contributed by atoms with van der Waals surface area (Å²) in [6, 6.07) is 8.53. The second kappa shape index (κ2) is 7.57. The molecule has 0 radical (unpaired) electrons. The molecule has 1 aromatic carbocycles. The minimum Gasteiger partial charge on any atom is -0.481 e. The number of aliphatic carboxylic acids is 1. The van der Waals surface area contributed by atoms with Crippen molar-refractivity contribution in [2.45, 2.75) is 32.7 Å². The van der Waals surface area contributed by atoms with Crippen LogP contribution in [0.4, 0.5) is 0 Å². The van der Waals surface area contributed by atoms with Gasteiger partial charge in [0.15, 0.2) is 0 Å². The summed E-state index contributed by atoms with van der Waals surface area (Å²) in [5, 5.41) is 9.20. The van der Waals surface area contributed by atoms with Gasteiger partial charge in [-0.1, -0.05) is 36.8 Å². The largest absolute Gasteiger partial charge is 0.481 e. The molecule has 1 heterocycles. The van der Waals surface area contributed by atoms with E-state index in [2.05, 4.69) is 47.9 Å². The summed E-state index contributed by atoms with van der Waals surface area (Å²) in [5.41, 5.74) is 2.47. The van der Waals surface area contributed by atoms with E-state index in [1.54, 1.807) is 0 Å². The first-order chi connectivity index (χ1) is 10.1. The highest BCUT2D eigenvalue weighted by atomic mass is 16.4. The zero-order valence-electron chi connectivity index (χ0n) is 13.1. The number of likely N-dealkylation sites (N-methyl/N-ethyl adjacent to an activating group) is 1. The van der Waals surface area contributed by atoms with E-state index in [1.807, 2.05) is 0 Å². The zero-order valence-corrected chi connectivity index (χ0v) is 13.1. The average molecular weight is 290 g/mol. The Balaban J connectivity index is 2.00. The van der Waals surface area contributed by atoms with Crippen molar-refractivity contribution in [3.05, 3.63) is 35.4 Å². The van der Waals surface area contributed by atoms with Gasteiger partial charge in [-0.15, -0.1) is 0 Å². The van der Waals surface area contributed by atoms with E-state index in [1.165, 1.54) is 11.1 Å². The summed E-state index contributed by atoms with van der Waals surface area (Å²) < 4.78 is 0. The van der Waals surface area contributed by atoms with Gasteiger partial charge >= 0.3 is 5.97 Å². The summed E-state index contributed by atoms with van der Waals surface area (Å²) in [6.45, 7) is 9.35. The minimum atomic E-state index is -0.704. The van der Waals surface area contributed by atoms with E-state index in [0.717, 1.165) is 39.1 Å². The van der Waals surface area contributed by atoms with E-state index >= 15 is 0 Å². The quantitative estimate of drug-likeness (QED) is 0.870. The second-order valence-corrected chi connectivity index (χ2v) is 5.91. The van der Waals surface area contributed by atoms with Gasteiger partial charge in [-0.25, -0.2) is 0 Å². The van der Waals surface area contributed by atoms with Crippen LogP contribution in [0.25, 0.3) is 0 Å². The summed E-state index contributed by atoms with van der Waals surface area (Å²) in [6.07, 6.45) is 1.04. The van der Waals surface area contributed by atoms with Crippen LogP contribution in [0, 0.1) is 6.92 Å². The molecule has 1 saturated heterocycles. The molecule has 0 aromatic heterocycles. The normalized spacial score (nSPS) is 18.6. The van der Waals surface area contributed by atoms with Gasteiger partial charge in [0.05, 0.1) is 6.42 Å². The maximum atomic E-state index is 11.2. The molecule has 1 atom stereocenters. The first-order valence-electron chi connectivity index (χ1n) is 7.82. The van der Waals surface area contributed by atoms with Crippen LogP contribution >= 0.6 is 0 Å². The van der Waals surface area contributed by atoms with Gasteiger partial charge in [-0.05, 0) is 25.5 Å². The van der Waals surface area contributed by atoms with Crippen LogP contribution in [0.15, 0.2) is 24.3 Å². The molecule has 0 bridgehead atoms. The highest BCUT2D eigenvalue weighted by Crippen LogP contribution is 2.15. The second-order valence-electron chi connectivity index (χ2n) is 5.91. The molecule has 0 saturated carbocycles. The fourth-order valence-electron chi connectivity index (χ4n) is 2.97. The third kappa shape index (κ3) is 4.83. The van der Waals surface area contributed by atoms with E-state index < -0.39 is 5.97 Å². The molecule has 116 valence electrons. The molecule has 0 aliphatic carbocycles. The van der Waals surface area contributed by atoms with Crippen molar-refractivity contribution in [2.24, 2.45) is 0 Å². The fourth-order valence-corrected chi connectivity index (χ4v) is 2.97. The van der Waals surface area contributed by atoms with Crippen LogP contribution in [0.1, 0.15) is 24.5 Å². The van der Waals surface area contributed by atoms with E-state index in [-0.39, 0.29) is 12.5 Å². The third-order valence-corrected chi connectivity index (χ3v) is 4.37. The molecule has 1 aliphatic rings. The van der Waals surface area contributed by atoms with Crippen molar-refractivity contribution in [2.75, 3.05) is 32.7 Å². The molecule has 1 unspecified atom stereocenters. The lowest BCUT2D eigenvalue weighted by Gasteiger charge is -2.38. The first-order valence-corrected chi connectivity index (χ1v) is 7.82. The number of carbonyl (C=O) groups is 1. The molecular weight excluding hydrogens is 264 g/mol. The molecular formula is C17H26N2O2. The topological polar surface area (TPSA) is 43.8 Å². The zero-order chi connectivity index (χ0) is 15.2. The lowest BCUT2D eigenvalue weighted by Crippen LogP contribution is -2.51. The maximum absolute atomic E-state index is 11.2. The molecule has 0 amide bonds. The number of hydrogen-bond acceptors (Lipinski definition) is 3. The van der Waals surface area contributed by atoms with E-state index in [4.69, 9.17) is 0 Å². The number of carboxylic acids is 1. The number of benzene rings is 1. The Bertz CT molecular complexity index is 450. The van der Waals surface area contributed by atoms with Crippen LogP contribution in [-0.4, -0.2) is 59.6 Å². The number of aryl methyl sites for hydroxylation is 1. The van der Waals surface area contributed by atoms with Crippen LogP contribution in [-0.2, 0) is 11.2 Å². The summed E-state index contributed by atoms with van der Waals surface area (Å²) in [7, 11) is 0. The molecule has 21 heavy (non-hydrogen) atoms. The Labute approximate surface area is 127 Å². The summed E-state index contributed by atoms with van der Waals surface area (Å²) in [4.78, 5) is 15.9.